The molecule has 2 aliphatic heterocycles. The van der Waals surface area contributed by atoms with Gasteiger partial charge in [0.05, 0.1) is 5.52 Å². The Morgan fingerprint density at radius 2 is 2.00 bits per heavy atom. The lowest BCUT2D eigenvalue weighted by atomic mass is 10.2. The molecule has 1 fully saturated rings. The topological polar surface area (TPSA) is 79.3 Å². The number of carbonyl (C=O) groups is 2. The first kappa shape index (κ1) is 16.2. The summed E-state index contributed by atoms with van der Waals surface area (Å²) in [6.07, 6.45) is 5.87. The van der Waals surface area contributed by atoms with Crippen molar-refractivity contribution in [1.82, 2.24) is 20.4 Å². The van der Waals surface area contributed by atoms with Crippen LogP contribution in [0.3, 0.4) is 0 Å². The molecule has 0 atom stereocenters. The van der Waals surface area contributed by atoms with Crippen molar-refractivity contribution >= 4 is 28.7 Å². The van der Waals surface area contributed by atoms with E-state index in [2.05, 4.69) is 27.9 Å². The summed E-state index contributed by atoms with van der Waals surface area (Å²) in [5.74, 6) is 0.356. The van der Waals surface area contributed by atoms with E-state index in [9.17, 15) is 9.59 Å². The molecule has 2 N–H and O–H groups in total. The molecule has 2 aromatic rings. The number of fused-ring (bicyclic) bond motifs is 1. The SMILES string of the molecule is C1=CCNCC1.Cn1nc(N2CCC(=O)NC2=O)c2ccccc21. The molecule has 1 aromatic carbocycles. The number of urea groups is 1. The number of hydrogen-bond donors (Lipinski definition) is 2. The molecule has 7 nitrogen and oxygen atoms in total. The lowest BCUT2D eigenvalue weighted by Crippen LogP contribution is -2.49. The van der Waals surface area contributed by atoms with E-state index in [0.717, 1.165) is 24.0 Å². The van der Waals surface area contributed by atoms with Gasteiger partial charge in [0.1, 0.15) is 0 Å². The van der Waals surface area contributed by atoms with Crippen molar-refractivity contribution in [2.45, 2.75) is 12.8 Å². The third-order valence-corrected chi connectivity index (χ3v) is 3.96. The zero-order valence-electron chi connectivity index (χ0n) is 13.7. The summed E-state index contributed by atoms with van der Waals surface area (Å²) in [6, 6.07) is 7.28. The van der Waals surface area contributed by atoms with Crippen LogP contribution in [0.15, 0.2) is 36.4 Å². The number of nitrogens with zero attached hydrogens (tertiary/aromatic N) is 3. The molecule has 0 saturated carbocycles. The maximum Gasteiger partial charge on any atom is 0.329 e. The summed E-state index contributed by atoms with van der Waals surface area (Å²) in [7, 11) is 1.83. The van der Waals surface area contributed by atoms with E-state index < -0.39 is 6.03 Å². The van der Waals surface area contributed by atoms with Crippen LogP contribution in [0.5, 0.6) is 0 Å². The van der Waals surface area contributed by atoms with E-state index in [4.69, 9.17) is 0 Å². The number of rotatable bonds is 1. The summed E-state index contributed by atoms with van der Waals surface area (Å²) < 4.78 is 1.73. The molecule has 1 aromatic heterocycles. The molecule has 0 aliphatic carbocycles. The molecule has 2 aliphatic rings. The molecular weight excluding hydrogens is 306 g/mol. The second-order valence-corrected chi connectivity index (χ2v) is 5.68. The Kier molecular flexibility index (Phi) is 4.90. The van der Waals surface area contributed by atoms with E-state index in [1.165, 1.54) is 11.3 Å². The fourth-order valence-corrected chi connectivity index (χ4v) is 2.73. The number of anilines is 1. The van der Waals surface area contributed by atoms with Gasteiger partial charge in [0.2, 0.25) is 5.91 Å². The average molecular weight is 327 g/mol. The van der Waals surface area contributed by atoms with Gasteiger partial charge in [0.25, 0.3) is 0 Å². The number of aryl methyl sites for hydroxylation is 1. The minimum Gasteiger partial charge on any atom is -0.313 e. The summed E-state index contributed by atoms with van der Waals surface area (Å²) in [5.41, 5.74) is 0.956. The maximum absolute atomic E-state index is 11.8. The minimum absolute atomic E-state index is 0.239. The minimum atomic E-state index is -0.407. The van der Waals surface area contributed by atoms with E-state index in [1.54, 1.807) is 4.68 Å². The second-order valence-electron chi connectivity index (χ2n) is 5.68. The number of carbonyl (C=O) groups excluding carboxylic acids is 2. The van der Waals surface area contributed by atoms with Crippen molar-refractivity contribution in [3.63, 3.8) is 0 Å². The van der Waals surface area contributed by atoms with E-state index >= 15 is 0 Å². The van der Waals surface area contributed by atoms with Crippen LogP contribution in [-0.2, 0) is 11.8 Å². The number of aromatic nitrogens is 2. The summed E-state index contributed by atoms with van der Waals surface area (Å²) in [6.45, 7) is 2.60. The molecule has 7 heteroatoms. The van der Waals surface area contributed by atoms with Crippen LogP contribution in [0.1, 0.15) is 12.8 Å². The Hall–Kier alpha value is -2.67. The zero-order valence-corrected chi connectivity index (χ0v) is 13.7. The number of para-hydroxylation sites is 1. The smallest absolute Gasteiger partial charge is 0.313 e. The number of benzene rings is 1. The van der Waals surface area contributed by atoms with E-state index in [-0.39, 0.29) is 5.91 Å². The quantitative estimate of drug-likeness (QED) is 0.779. The van der Waals surface area contributed by atoms with Crippen molar-refractivity contribution in [1.29, 1.82) is 0 Å². The van der Waals surface area contributed by atoms with Gasteiger partial charge in [-0.25, -0.2) is 4.79 Å². The van der Waals surface area contributed by atoms with Crippen molar-refractivity contribution in [3.8, 4) is 0 Å². The fraction of sp³-hybridized carbons (Fsp3) is 0.353. The van der Waals surface area contributed by atoms with Crippen LogP contribution in [0.25, 0.3) is 10.9 Å². The highest BCUT2D eigenvalue weighted by Crippen LogP contribution is 2.26. The molecule has 126 valence electrons. The van der Waals surface area contributed by atoms with Gasteiger partial charge in [-0.2, -0.15) is 5.10 Å². The van der Waals surface area contributed by atoms with Crippen molar-refractivity contribution in [2.75, 3.05) is 24.5 Å². The van der Waals surface area contributed by atoms with Gasteiger partial charge in [-0.05, 0) is 25.1 Å². The van der Waals surface area contributed by atoms with Gasteiger partial charge in [-0.3, -0.25) is 19.7 Å². The summed E-state index contributed by atoms with van der Waals surface area (Å²) in [4.78, 5) is 24.4. The van der Waals surface area contributed by atoms with Crippen LogP contribution in [0.2, 0.25) is 0 Å². The molecule has 0 unspecified atom stereocenters. The van der Waals surface area contributed by atoms with E-state index in [1.807, 2.05) is 31.3 Å². The highest BCUT2D eigenvalue weighted by atomic mass is 16.2. The van der Waals surface area contributed by atoms with Gasteiger partial charge in [0, 0.05) is 31.9 Å². The molecule has 1 saturated heterocycles. The zero-order chi connectivity index (χ0) is 16.9. The lowest BCUT2D eigenvalue weighted by molar-refractivity contribution is -0.120. The van der Waals surface area contributed by atoms with Gasteiger partial charge in [0.15, 0.2) is 5.82 Å². The highest BCUT2D eigenvalue weighted by Gasteiger charge is 2.27. The summed E-state index contributed by atoms with van der Waals surface area (Å²) in [5, 5.41) is 10.8. The van der Waals surface area contributed by atoms with Crippen LogP contribution in [0, 0.1) is 0 Å². The fourth-order valence-electron chi connectivity index (χ4n) is 2.73. The Morgan fingerprint density at radius 1 is 1.17 bits per heavy atom. The highest BCUT2D eigenvalue weighted by molar-refractivity contribution is 6.08. The van der Waals surface area contributed by atoms with Crippen LogP contribution in [-0.4, -0.2) is 41.4 Å². The first-order valence-electron chi connectivity index (χ1n) is 8.05. The summed E-state index contributed by atoms with van der Waals surface area (Å²) >= 11 is 0. The van der Waals surface area contributed by atoms with Gasteiger partial charge < -0.3 is 5.32 Å². The third kappa shape index (κ3) is 3.46. The monoisotopic (exact) mass is 327 g/mol. The van der Waals surface area contributed by atoms with Crippen molar-refractivity contribution in [3.05, 3.63) is 36.4 Å². The molecule has 0 radical (unpaired) electrons. The predicted octanol–water partition coefficient (Wildman–Crippen LogP) is 1.56. The third-order valence-electron chi connectivity index (χ3n) is 3.96. The van der Waals surface area contributed by atoms with Crippen LogP contribution < -0.4 is 15.5 Å². The number of imide groups is 1. The predicted molar refractivity (Wildman–Crippen MR) is 92.8 cm³/mol. The molecule has 3 amide bonds. The number of nitrogens with one attached hydrogen (secondary N) is 2. The Bertz CT molecular complexity index is 772. The number of amides is 3. The average Bonchev–Trinajstić information content (AvgIpc) is 2.94. The Labute approximate surface area is 140 Å². The number of hydrogen-bond acceptors (Lipinski definition) is 4. The standard InChI is InChI=1S/C12H12N4O2.C5H9N/c1-15-9-5-3-2-4-8(9)11(14-15)16-7-6-10(17)13-12(16)18;1-2-4-6-5-3-1/h2-5H,6-7H2,1H3,(H,13,17,18);1-2,6H,3-5H2. The first-order chi connectivity index (χ1) is 11.7. The van der Waals surface area contributed by atoms with Crippen LogP contribution >= 0.6 is 0 Å². The van der Waals surface area contributed by atoms with Gasteiger partial charge in [-0.1, -0.05) is 24.3 Å². The molecular formula is C17H21N5O2. The first-order valence-corrected chi connectivity index (χ1v) is 8.05. The molecule has 0 bridgehead atoms. The van der Waals surface area contributed by atoms with E-state index in [0.29, 0.717) is 18.8 Å². The second kappa shape index (κ2) is 7.27. The molecule has 3 heterocycles. The van der Waals surface area contributed by atoms with Crippen molar-refractivity contribution < 1.29 is 9.59 Å². The maximum atomic E-state index is 11.8. The Balaban J connectivity index is 0.000000238. The Morgan fingerprint density at radius 3 is 2.62 bits per heavy atom. The molecule has 24 heavy (non-hydrogen) atoms. The van der Waals surface area contributed by atoms with Crippen molar-refractivity contribution in [2.24, 2.45) is 7.05 Å². The molecule has 0 spiro atoms. The van der Waals surface area contributed by atoms with Crippen LogP contribution in [0.4, 0.5) is 10.6 Å². The van der Waals surface area contributed by atoms with Gasteiger partial charge >= 0.3 is 6.03 Å². The molecule has 4 rings (SSSR count). The lowest BCUT2D eigenvalue weighted by Gasteiger charge is -2.24. The normalized spacial score (nSPS) is 17.5. The van der Waals surface area contributed by atoms with Gasteiger partial charge in [-0.15, -0.1) is 0 Å². The largest absolute Gasteiger partial charge is 0.329 e.